The lowest BCUT2D eigenvalue weighted by Crippen LogP contribution is -2.46. The third-order valence-electron chi connectivity index (χ3n) is 4.09. The Morgan fingerprint density at radius 2 is 2.32 bits per heavy atom. The summed E-state index contributed by atoms with van der Waals surface area (Å²) in [5.41, 5.74) is 0. The number of aromatic amines is 1. The quantitative estimate of drug-likeness (QED) is 0.831. The number of hydrogen-bond donors (Lipinski definition) is 2. The Balaban J connectivity index is 1.86. The molecule has 1 aliphatic rings. The molecule has 0 unspecified atom stereocenters. The SMILES string of the molecule is C[C@H]1[C@@H](NC(=O)[C@@H](C)Sc2ncn[nH]2)CCC[C@@H]1C. The summed E-state index contributed by atoms with van der Waals surface area (Å²) in [5.74, 6) is 1.34. The summed E-state index contributed by atoms with van der Waals surface area (Å²) in [6.07, 6.45) is 5.03. The van der Waals surface area contributed by atoms with Gasteiger partial charge in [-0.3, -0.25) is 9.89 Å². The van der Waals surface area contributed by atoms with Crippen LogP contribution in [0.1, 0.15) is 40.0 Å². The van der Waals surface area contributed by atoms with Crippen molar-refractivity contribution < 1.29 is 4.79 Å². The predicted molar refractivity (Wildman–Crippen MR) is 75.8 cm³/mol. The molecule has 1 aromatic heterocycles. The van der Waals surface area contributed by atoms with Crippen LogP contribution in [0.3, 0.4) is 0 Å². The first kappa shape index (κ1) is 14.4. The maximum absolute atomic E-state index is 12.2. The zero-order valence-corrected chi connectivity index (χ0v) is 12.5. The van der Waals surface area contributed by atoms with Crippen molar-refractivity contribution in [1.82, 2.24) is 20.5 Å². The molecule has 106 valence electrons. The van der Waals surface area contributed by atoms with Crippen molar-refractivity contribution in [3.63, 3.8) is 0 Å². The highest BCUT2D eigenvalue weighted by atomic mass is 32.2. The van der Waals surface area contributed by atoms with Crippen molar-refractivity contribution in [2.75, 3.05) is 0 Å². The van der Waals surface area contributed by atoms with Crippen LogP contribution in [0.5, 0.6) is 0 Å². The van der Waals surface area contributed by atoms with E-state index in [-0.39, 0.29) is 11.2 Å². The maximum Gasteiger partial charge on any atom is 0.233 e. The second-order valence-corrected chi connectivity index (χ2v) is 6.76. The van der Waals surface area contributed by atoms with Gasteiger partial charge in [-0.1, -0.05) is 38.5 Å². The van der Waals surface area contributed by atoms with Crippen molar-refractivity contribution in [3.8, 4) is 0 Å². The summed E-state index contributed by atoms with van der Waals surface area (Å²) in [4.78, 5) is 16.2. The van der Waals surface area contributed by atoms with Gasteiger partial charge in [0.15, 0.2) is 5.16 Å². The number of aromatic nitrogens is 3. The maximum atomic E-state index is 12.2. The third-order valence-corrected chi connectivity index (χ3v) is 5.07. The minimum absolute atomic E-state index is 0.0901. The van der Waals surface area contributed by atoms with Gasteiger partial charge in [-0.25, -0.2) is 4.98 Å². The van der Waals surface area contributed by atoms with Crippen molar-refractivity contribution >= 4 is 17.7 Å². The first-order valence-corrected chi connectivity index (χ1v) is 7.78. The Hall–Kier alpha value is -1.04. The summed E-state index contributed by atoms with van der Waals surface area (Å²) < 4.78 is 0. The summed E-state index contributed by atoms with van der Waals surface area (Å²) in [6.45, 7) is 6.41. The molecule has 6 heteroatoms. The van der Waals surface area contributed by atoms with Crippen LogP contribution in [0.4, 0.5) is 0 Å². The van der Waals surface area contributed by atoms with Gasteiger partial charge in [0.25, 0.3) is 0 Å². The second-order valence-electron chi connectivity index (χ2n) is 5.43. The highest BCUT2D eigenvalue weighted by molar-refractivity contribution is 8.00. The van der Waals surface area contributed by atoms with Gasteiger partial charge >= 0.3 is 0 Å². The Morgan fingerprint density at radius 3 is 3.00 bits per heavy atom. The zero-order valence-electron chi connectivity index (χ0n) is 11.7. The summed E-state index contributed by atoms with van der Waals surface area (Å²) in [5, 5.41) is 10.3. The van der Waals surface area contributed by atoms with E-state index in [9.17, 15) is 4.79 Å². The Morgan fingerprint density at radius 1 is 1.53 bits per heavy atom. The van der Waals surface area contributed by atoms with Crippen LogP contribution in [0, 0.1) is 11.8 Å². The number of H-pyrrole nitrogens is 1. The second kappa shape index (κ2) is 6.41. The molecule has 0 saturated heterocycles. The van der Waals surface area contributed by atoms with E-state index in [1.54, 1.807) is 0 Å². The minimum Gasteiger partial charge on any atom is -0.352 e. The third kappa shape index (κ3) is 3.72. The van der Waals surface area contributed by atoms with E-state index >= 15 is 0 Å². The number of carbonyl (C=O) groups is 1. The largest absolute Gasteiger partial charge is 0.352 e. The number of nitrogens with zero attached hydrogens (tertiary/aromatic N) is 2. The van der Waals surface area contributed by atoms with Crippen molar-refractivity contribution in [2.45, 2.75) is 56.5 Å². The summed E-state index contributed by atoms with van der Waals surface area (Å²) in [7, 11) is 0. The van der Waals surface area contributed by atoms with Gasteiger partial charge in [0, 0.05) is 6.04 Å². The molecule has 1 aromatic rings. The first-order valence-electron chi connectivity index (χ1n) is 6.90. The number of nitrogens with one attached hydrogen (secondary N) is 2. The molecule has 1 saturated carbocycles. The van der Waals surface area contributed by atoms with Crippen LogP contribution in [0.15, 0.2) is 11.5 Å². The lowest BCUT2D eigenvalue weighted by Gasteiger charge is -2.35. The molecule has 0 spiro atoms. The van der Waals surface area contributed by atoms with Gasteiger partial charge in [0.2, 0.25) is 5.91 Å². The van der Waals surface area contributed by atoms with Gasteiger partial charge in [0.05, 0.1) is 5.25 Å². The topological polar surface area (TPSA) is 70.7 Å². The minimum atomic E-state index is -0.155. The molecule has 0 bridgehead atoms. The van der Waals surface area contributed by atoms with Crippen LogP contribution >= 0.6 is 11.8 Å². The van der Waals surface area contributed by atoms with Crippen LogP contribution in [-0.4, -0.2) is 32.4 Å². The van der Waals surface area contributed by atoms with Crippen LogP contribution < -0.4 is 5.32 Å². The van der Waals surface area contributed by atoms with Gasteiger partial charge in [0.1, 0.15) is 6.33 Å². The van der Waals surface area contributed by atoms with Crippen LogP contribution in [0.25, 0.3) is 0 Å². The molecular formula is C13H22N4OS. The van der Waals surface area contributed by atoms with E-state index in [1.165, 1.54) is 30.9 Å². The number of hydrogen-bond acceptors (Lipinski definition) is 4. The lowest BCUT2D eigenvalue weighted by atomic mass is 9.78. The van der Waals surface area contributed by atoms with E-state index in [1.807, 2.05) is 6.92 Å². The number of amides is 1. The van der Waals surface area contributed by atoms with Gasteiger partial charge < -0.3 is 5.32 Å². The summed E-state index contributed by atoms with van der Waals surface area (Å²) in [6, 6.07) is 0.314. The van der Waals surface area contributed by atoms with Crippen molar-refractivity contribution in [3.05, 3.63) is 6.33 Å². The molecule has 19 heavy (non-hydrogen) atoms. The smallest absolute Gasteiger partial charge is 0.233 e. The average molecular weight is 282 g/mol. The monoisotopic (exact) mass is 282 g/mol. The molecule has 5 nitrogen and oxygen atoms in total. The molecule has 0 aliphatic heterocycles. The fraction of sp³-hybridized carbons (Fsp3) is 0.769. The Bertz CT molecular complexity index is 409. The number of thioether (sulfide) groups is 1. The van der Waals surface area contributed by atoms with E-state index < -0.39 is 0 Å². The van der Waals surface area contributed by atoms with Crippen molar-refractivity contribution in [1.29, 1.82) is 0 Å². The zero-order chi connectivity index (χ0) is 13.8. The number of rotatable bonds is 4. The van der Waals surface area contributed by atoms with Gasteiger partial charge in [-0.2, -0.15) is 5.10 Å². The highest BCUT2D eigenvalue weighted by Gasteiger charge is 2.29. The fourth-order valence-electron chi connectivity index (χ4n) is 2.56. The van der Waals surface area contributed by atoms with E-state index in [0.29, 0.717) is 23.0 Å². The molecule has 4 atom stereocenters. The molecule has 0 aromatic carbocycles. The standard InChI is InChI=1S/C13H22N4OS/c1-8-5-4-6-11(9(8)2)16-12(18)10(3)19-13-14-7-15-17-13/h7-11H,4-6H2,1-3H3,(H,16,18)(H,14,15,17)/t8-,9+,10+,11-/m0/s1. The van der Waals surface area contributed by atoms with Gasteiger partial charge in [-0.15, -0.1) is 0 Å². The molecular weight excluding hydrogens is 260 g/mol. The van der Waals surface area contributed by atoms with Gasteiger partial charge in [-0.05, 0) is 25.2 Å². The first-order chi connectivity index (χ1) is 9.08. The van der Waals surface area contributed by atoms with Crippen LogP contribution in [-0.2, 0) is 4.79 Å². The molecule has 1 aliphatic carbocycles. The van der Waals surface area contributed by atoms with E-state index in [0.717, 1.165) is 6.42 Å². The molecule has 1 fully saturated rings. The normalized spacial score (nSPS) is 28.9. The molecule has 2 rings (SSSR count). The highest BCUT2D eigenvalue weighted by Crippen LogP contribution is 2.30. The Kier molecular flexibility index (Phi) is 4.85. The van der Waals surface area contributed by atoms with Crippen molar-refractivity contribution in [2.24, 2.45) is 11.8 Å². The molecule has 1 amide bonds. The molecule has 2 N–H and O–H groups in total. The molecule has 0 radical (unpaired) electrons. The summed E-state index contributed by atoms with van der Waals surface area (Å²) >= 11 is 1.41. The predicted octanol–water partition coefficient (Wildman–Crippen LogP) is 2.23. The van der Waals surface area contributed by atoms with Crippen LogP contribution in [0.2, 0.25) is 0 Å². The molecule has 1 heterocycles. The number of carbonyl (C=O) groups excluding carboxylic acids is 1. The fourth-order valence-corrected chi connectivity index (χ4v) is 3.28. The van der Waals surface area contributed by atoms with E-state index in [4.69, 9.17) is 0 Å². The average Bonchev–Trinajstić information content (AvgIpc) is 2.87. The Labute approximate surface area is 118 Å². The van der Waals surface area contributed by atoms with E-state index in [2.05, 4.69) is 34.3 Å². The lowest BCUT2D eigenvalue weighted by molar-refractivity contribution is -0.121.